The Morgan fingerprint density at radius 1 is 1.48 bits per heavy atom. The highest BCUT2D eigenvalue weighted by Gasteiger charge is 2.34. The number of halogens is 1. The number of Topliss-reactive ketones (excluding diaryl/α,β-unsaturated/α-hetero) is 1. The lowest BCUT2D eigenvalue weighted by Crippen LogP contribution is -2.26. The molecule has 3 aromatic heterocycles. The molecule has 1 saturated carbocycles. The van der Waals surface area contributed by atoms with Crippen molar-refractivity contribution in [2.75, 3.05) is 6.61 Å². The maximum Gasteiger partial charge on any atom is 0.383 e. The van der Waals surface area contributed by atoms with E-state index < -0.39 is 17.6 Å². The van der Waals surface area contributed by atoms with E-state index in [4.69, 9.17) is 16.3 Å². The van der Waals surface area contributed by atoms with Gasteiger partial charge in [0.2, 0.25) is 5.69 Å². The highest BCUT2D eigenvalue weighted by Crippen LogP contribution is 2.29. The first-order chi connectivity index (χ1) is 13.0. The monoisotopic (exact) mass is 405 g/mol. The van der Waals surface area contributed by atoms with Crippen LogP contribution in [0.5, 0.6) is 5.88 Å². The fraction of sp³-hybridized carbons (Fsp3) is 0.333. The molecule has 0 N–H and O–H groups in total. The second-order valence-electron chi connectivity index (χ2n) is 6.58. The molecule has 0 radical (unpaired) electrons. The Hall–Kier alpha value is -2.45. The molecule has 0 amide bonds. The number of carbonyl (C=O) groups is 2. The average molecular weight is 406 g/mol. The minimum atomic E-state index is -0.997. The van der Waals surface area contributed by atoms with Gasteiger partial charge in [-0.1, -0.05) is 11.6 Å². The molecule has 1 aliphatic carbocycles. The molecule has 9 heteroatoms. The van der Waals surface area contributed by atoms with Gasteiger partial charge in [-0.15, -0.1) is 11.3 Å². The van der Waals surface area contributed by atoms with E-state index in [0.29, 0.717) is 16.0 Å². The molecule has 3 heterocycles. The van der Waals surface area contributed by atoms with Gasteiger partial charge < -0.3 is 9.84 Å². The van der Waals surface area contributed by atoms with Crippen molar-refractivity contribution in [2.24, 2.45) is 5.92 Å². The van der Waals surface area contributed by atoms with Crippen molar-refractivity contribution < 1.29 is 23.8 Å². The van der Waals surface area contributed by atoms with Crippen LogP contribution in [-0.2, 0) is 16.1 Å². The zero-order chi connectivity index (χ0) is 19.1. The molecule has 0 aliphatic heterocycles. The lowest BCUT2D eigenvalue weighted by molar-refractivity contribution is -0.583. The third-order valence-electron chi connectivity index (χ3n) is 4.50. The first kappa shape index (κ1) is 17.9. The van der Waals surface area contributed by atoms with E-state index in [-0.39, 0.29) is 18.8 Å². The molecule has 7 nitrogen and oxygen atoms in total. The normalized spacial score (nSPS) is 13.9. The Morgan fingerprint density at radius 2 is 2.26 bits per heavy atom. The van der Waals surface area contributed by atoms with Gasteiger partial charge in [0.15, 0.2) is 4.47 Å². The number of rotatable bonds is 6. The van der Waals surface area contributed by atoms with Gasteiger partial charge in [-0.2, -0.15) is 0 Å². The number of nitrogens with zero attached hydrogens (tertiary/aromatic N) is 3. The summed E-state index contributed by atoms with van der Waals surface area (Å²) in [6.45, 7) is 2.26. The Morgan fingerprint density at radius 3 is 2.93 bits per heavy atom. The minimum absolute atomic E-state index is 0.206. The number of aryl methyl sites for hydroxylation is 1. The van der Waals surface area contributed by atoms with Crippen LogP contribution in [0.25, 0.3) is 5.65 Å². The van der Waals surface area contributed by atoms with Crippen LogP contribution in [0.3, 0.4) is 0 Å². The summed E-state index contributed by atoms with van der Waals surface area (Å²) in [5.41, 5.74) is 1.13. The first-order valence-corrected chi connectivity index (χ1v) is 9.67. The topological polar surface area (TPSA) is 88.4 Å². The number of imidazole rings is 1. The van der Waals surface area contributed by atoms with Crippen LogP contribution >= 0.6 is 22.9 Å². The summed E-state index contributed by atoms with van der Waals surface area (Å²) in [5, 5.41) is 12.9. The first-order valence-electron chi connectivity index (χ1n) is 8.48. The van der Waals surface area contributed by atoms with Crippen molar-refractivity contribution in [1.29, 1.82) is 0 Å². The van der Waals surface area contributed by atoms with Crippen LogP contribution in [0.15, 0.2) is 24.5 Å². The third-order valence-corrected chi connectivity index (χ3v) is 5.60. The molecular weight excluding hydrogens is 390 g/mol. The van der Waals surface area contributed by atoms with Crippen LogP contribution in [0.4, 0.5) is 0 Å². The number of thiazole rings is 1. The zero-order valence-corrected chi connectivity index (χ0v) is 16.0. The lowest BCUT2D eigenvalue weighted by atomic mass is 10.2. The molecule has 0 saturated heterocycles. The summed E-state index contributed by atoms with van der Waals surface area (Å²) in [7, 11) is 0. The number of aromatic nitrogens is 3. The van der Waals surface area contributed by atoms with Crippen molar-refractivity contribution >= 4 is 40.3 Å². The van der Waals surface area contributed by atoms with E-state index in [0.717, 1.165) is 23.3 Å². The molecule has 0 atom stereocenters. The van der Waals surface area contributed by atoms with Crippen molar-refractivity contribution in [3.63, 3.8) is 0 Å². The Balaban J connectivity index is 1.78. The van der Waals surface area contributed by atoms with Crippen molar-refractivity contribution in [3.8, 4) is 5.88 Å². The van der Waals surface area contributed by atoms with Crippen molar-refractivity contribution in [2.45, 2.75) is 26.3 Å². The highest BCUT2D eigenvalue weighted by molar-refractivity contribution is 7.15. The SMILES string of the molecule is Cc1ccc[n+]2c([O-])c(C(=O)C(=O)OCC3CC3)n(Cc3cnc(Cl)s3)c12. The summed E-state index contributed by atoms with van der Waals surface area (Å²) in [6, 6.07) is 3.56. The number of hydrogen-bond acceptors (Lipinski definition) is 6. The van der Waals surface area contributed by atoms with Crippen LogP contribution in [0, 0.1) is 12.8 Å². The number of hydrogen-bond donors (Lipinski definition) is 0. The molecule has 27 heavy (non-hydrogen) atoms. The molecule has 3 aromatic rings. The van der Waals surface area contributed by atoms with E-state index in [2.05, 4.69) is 4.98 Å². The summed E-state index contributed by atoms with van der Waals surface area (Å²) in [6.07, 6.45) is 5.16. The van der Waals surface area contributed by atoms with Gasteiger partial charge in [0.05, 0.1) is 17.7 Å². The molecule has 0 bridgehead atoms. The van der Waals surface area contributed by atoms with E-state index in [1.165, 1.54) is 15.7 Å². The fourth-order valence-electron chi connectivity index (χ4n) is 2.98. The van der Waals surface area contributed by atoms with Crippen molar-refractivity contribution in [3.05, 3.63) is 45.1 Å². The summed E-state index contributed by atoms with van der Waals surface area (Å²) in [4.78, 5) is 29.7. The second kappa shape index (κ2) is 6.94. The smallest absolute Gasteiger partial charge is 0.383 e. The van der Waals surface area contributed by atoms with Gasteiger partial charge in [-0.05, 0) is 37.8 Å². The quantitative estimate of drug-likeness (QED) is 0.270. The van der Waals surface area contributed by atoms with E-state index in [1.54, 1.807) is 23.0 Å². The number of carbonyl (C=O) groups excluding carboxylic acids is 2. The van der Waals surface area contributed by atoms with Gasteiger partial charge >= 0.3 is 11.8 Å². The van der Waals surface area contributed by atoms with E-state index in [1.807, 2.05) is 13.0 Å². The minimum Gasteiger partial charge on any atom is -0.839 e. The molecule has 0 aromatic carbocycles. The second-order valence-corrected chi connectivity index (χ2v) is 8.27. The number of ether oxygens (including phenoxy) is 1. The summed E-state index contributed by atoms with van der Waals surface area (Å²) in [5.74, 6) is -2.14. The van der Waals surface area contributed by atoms with Crippen LogP contribution in [-0.4, -0.2) is 27.9 Å². The molecule has 140 valence electrons. The van der Waals surface area contributed by atoms with Crippen LogP contribution in [0.2, 0.25) is 4.47 Å². The maximum absolute atomic E-state index is 12.9. The van der Waals surface area contributed by atoms with Gasteiger partial charge in [0.25, 0.3) is 5.65 Å². The van der Waals surface area contributed by atoms with Gasteiger partial charge in [0.1, 0.15) is 12.4 Å². The van der Waals surface area contributed by atoms with Gasteiger partial charge in [0, 0.05) is 11.8 Å². The van der Waals surface area contributed by atoms with Crippen LogP contribution < -0.4 is 9.51 Å². The Bertz CT molecular complexity index is 1050. The molecule has 0 spiro atoms. The van der Waals surface area contributed by atoms with Gasteiger partial charge in [-0.25, -0.2) is 18.7 Å². The van der Waals surface area contributed by atoms with Gasteiger partial charge in [-0.3, -0.25) is 4.79 Å². The van der Waals surface area contributed by atoms with Crippen molar-refractivity contribution in [1.82, 2.24) is 9.55 Å². The predicted molar refractivity (Wildman–Crippen MR) is 96.0 cm³/mol. The number of fused-ring (bicyclic) bond motifs is 1. The largest absolute Gasteiger partial charge is 0.839 e. The number of pyridine rings is 1. The van der Waals surface area contributed by atoms with E-state index >= 15 is 0 Å². The highest BCUT2D eigenvalue weighted by atomic mass is 35.5. The standard InChI is InChI=1S/C18H16ClN3O4S/c1-10-3-2-6-21-15(10)22(8-12-7-20-18(19)27-12)13(16(21)24)14(23)17(25)26-9-11-4-5-11/h2-3,6-7,11H,4-5,8-9H2,1H3. The predicted octanol–water partition coefficient (Wildman–Crippen LogP) is 1.90. The Kier molecular flexibility index (Phi) is 4.61. The summed E-state index contributed by atoms with van der Waals surface area (Å²) < 4.78 is 8.38. The third kappa shape index (κ3) is 3.42. The maximum atomic E-state index is 12.9. The summed E-state index contributed by atoms with van der Waals surface area (Å²) >= 11 is 7.15. The molecular formula is C18H16ClN3O4S. The number of ketones is 1. The molecule has 4 rings (SSSR count). The fourth-order valence-corrected chi connectivity index (χ4v) is 3.94. The lowest BCUT2D eigenvalue weighted by Gasteiger charge is -2.05. The Labute approximate surface area is 163 Å². The van der Waals surface area contributed by atoms with E-state index in [9.17, 15) is 14.7 Å². The molecule has 1 fully saturated rings. The average Bonchev–Trinajstić information content (AvgIpc) is 3.32. The molecule has 1 aliphatic rings. The van der Waals surface area contributed by atoms with Crippen LogP contribution in [0.1, 0.15) is 33.8 Å². The number of esters is 1. The molecule has 0 unspecified atom stereocenters. The zero-order valence-electron chi connectivity index (χ0n) is 14.5.